The summed E-state index contributed by atoms with van der Waals surface area (Å²) in [5, 5.41) is 3.45. The molecule has 6 heteroatoms. The fraction of sp³-hybridized carbons (Fsp3) is 0.316. The Morgan fingerprint density at radius 2 is 2.04 bits per heavy atom. The number of benzene rings is 1. The van der Waals surface area contributed by atoms with Crippen LogP contribution in [-0.4, -0.2) is 22.4 Å². The molecule has 1 amide bonds. The van der Waals surface area contributed by atoms with E-state index < -0.39 is 0 Å². The van der Waals surface area contributed by atoms with Crippen molar-refractivity contribution >= 4 is 27.5 Å². The normalized spacial score (nSPS) is 11.0. The van der Waals surface area contributed by atoms with Crippen molar-refractivity contribution in [3.8, 4) is 11.1 Å². The zero-order valence-electron chi connectivity index (χ0n) is 14.4. The van der Waals surface area contributed by atoms with Gasteiger partial charge < -0.3 is 10.3 Å². The Bertz CT molecular complexity index is 944. The number of fused-ring (bicyclic) bond motifs is 1. The molecule has 0 unspecified atom stereocenters. The van der Waals surface area contributed by atoms with Crippen molar-refractivity contribution in [1.82, 2.24) is 15.3 Å². The third kappa shape index (κ3) is 3.79. The van der Waals surface area contributed by atoms with E-state index in [0.29, 0.717) is 22.6 Å². The first-order valence-electron chi connectivity index (χ1n) is 8.44. The van der Waals surface area contributed by atoms with Crippen LogP contribution in [0.5, 0.6) is 0 Å². The summed E-state index contributed by atoms with van der Waals surface area (Å²) in [6.45, 7) is 4.71. The van der Waals surface area contributed by atoms with E-state index in [2.05, 4.69) is 22.2 Å². The van der Waals surface area contributed by atoms with Gasteiger partial charge in [-0.15, -0.1) is 11.3 Å². The maximum atomic E-state index is 12.6. The Morgan fingerprint density at radius 1 is 1.28 bits per heavy atom. The number of aromatic amines is 1. The number of amides is 1. The molecule has 1 aromatic carbocycles. The lowest BCUT2D eigenvalue weighted by Gasteiger charge is -2.04. The van der Waals surface area contributed by atoms with E-state index in [-0.39, 0.29) is 17.9 Å². The Morgan fingerprint density at radius 3 is 2.76 bits per heavy atom. The number of carbonyl (C=O) groups excluding carboxylic acids is 1. The SMILES string of the molecule is CCCCNC(=O)Cc1nc2sc(C)c(-c3ccccc3)c2c(=O)[nH]1. The van der Waals surface area contributed by atoms with E-state index >= 15 is 0 Å². The number of H-pyrrole nitrogens is 1. The Kier molecular flexibility index (Phi) is 5.28. The van der Waals surface area contributed by atoms with Gasteiger partial charge in [-0.25, -0.2) is 4.98 Å². The molecular weight excluding hydrogens is 334 g/mol. The number of hydrogen-bond acceptors (Lipinski definition) is 4. The second-order valence-electron chi connectivity index (χ2n) is 5.97. The van der Waals surface area contributed by atoms with Crippen molar-refractivity contribution in [3.05, 3.63) is 51.4 Å². The Hall–Kier alpha value is -2.47. The topological polar surface area (TPSA) is 74.8 Å². The van der Waals surface area contributed by atoms with Crippen molar-refractivity contribution in [3.63, 3.8) is 0 Å². The summed E-state index contributed by atoms with van der Waals surface area (Å²) in [5.74, 6) is 0.292. The molecule has 0 atom stereocenters. The van der Waals surface area contributed by atoms with Gasteiger partial charge >= 0.3 is 0 Å². The summed E-state index contributed by atoms with van der Waals surface area (Å²) in [6.07, 6.45) is 2.06. The van der Waals surface area contributed by atoms with Crippen LogP contribution in [0.4, 0.5) is 0 Å². The van der Waals surface area contributed by atoms with Crippen LogP contribution >= 0.6 is 11.3 Å². The van der Waals surface area contributed by atoms with Crippen LogP contribution in [0.1, 0.15) is 30.5 Å². The maximum absolute atomic E-state index is 12.6. The number of nitrogens with zero attached hydrogens (tertiary/aromatic N) is 1. The fourth-order valence-corrected chi connectivity index (χ4v) is 3.88. The summed E-state index contributed by atoms with van der Waals surface area (Å²) < 4.78 is 0. The third-order valence-electron chi connectivity index (χ3n) is 4.03. The zero-order chi connectivity index (χ0) is 17.8. The van der Waals surface area contributed by atoms with Gasteiger partial charge in [-0.3, -0.25) is 9.59 Å². The summed E-state index contributed by atoms with van der Waals surface area (Å²) in [6, 6.07) is 9.83. The molecule has 130 valence electrons. The van der Waals surface area contributed by atoms with E-state index in [9.17, 15) is 9.59 Å². The van der Waals surface area contributed by atoms with E-state index in [1.165, 1.54) is 11.3 Å². The van der Waals surface area contributed by atoms with Crippen molar-refractivity contribution in [2.24, 2.45) is 0 Å². The van der Waals surface area contributed by atoms with Crippen LogP contribution in [0.2, 0.25) is 0 Å². The van der Waals surface area contributed by atoms with Crippen LogP contribution in [0.3, 0.4) is 0 Å². The number of carbonyl (C=O) groups is 1. The van der Waals surface area contributed by atoms with Crippen molar-refractivity contribution < 1.29 is 4.79 Å². The van der Waals surface area contributed by atoms with Crippen LogP contribution < -0.4 is 10.9 Å². The third-order valence-corrected chi connectivity index (χ3v) is 5.03. The number of hydrogen-bond donors (Lipinski definition) is 2. The molecule has 25 heavy (non-hydrogen) atoms. The second-order valence-corrected chi connectivity index (χ2v) is 7.18. The van der Waals surface area contributed by atoms with Gasteiger partial charge in [-0.1, -0.05) is 43.7 Å². The van der Waals surface area contributed by atoms with Gasteiger partial charge in [-0.05, 0) is 18.9 Å². The van der Waals surface area contributed by atoms with Gasteiger partial charge in [0, 0.05) is 17.0 Å². The molecule has 0 saturated carbocycles. The average Bonchev–Trinajstić information content (AvgIpc) is 2.92. The molecule has 0 spiro atoms. The molecular formula is C19H21N3O2S. The van der Waals surface area contributed by atoms with Gasteiger partial charge in [0.25, 0.3) is 5.56 Å². The number of aromatic nitrogens is 2. The molecule has 2 aromatic heterocycles. The van der Waals surface area contributed by atoms with E-state index in [1.807, 2.05) is 37.3 Å². The van der Waals surface area contributed by atoms with Crippen LogP contribution in [0.25, 0.3) is 21.3 Å². The molecule has 0 bridgehead atoms. The molecule has 2 N–H and O–H groups in total. The first-order valence-corrected chi connectivity index (χ1v) is 9.26. The van der Waals surface area contributed by atoms with Crippen LogP contribution in [0.15, 0.2) is 35.1 Å². The molecule has 3 aromatic rings. The summed E-state index contributed by atoms with van der Waals surface area (Å²) >= 11 is 1.49. The molecule has 2 heterocycles. The minimum Gasteiger partial charge on any atom is -0.356 e. The van der Waals surface area contributed by atoms with Gasteiger partial charge in [0.05, 0.1) is 11.8 Å². The monoisotopic (exact) mass is 355 g/mol. The van der Waals surface area contributed by atoms with Crippen molar-refractivity contribution in [2.75, 3.05) is 6.54 Å². The first-order chi connectivity index (χ1) is 12.1. The lowest BCUT2D eigenvalue weighted by atomic mass is 10.0. The number of thiophene rings is 1. The fourth-order valence-electron chi connectivity index (χ4n) is 2.82. The lowest BCUT2D eigenvalue weighted by molar-refractivity contribution is -0.120. The maximum Gasteiger partial charge on any atom is 0.260 e. The van der Waals surface area contributed by atoms with E-state index in [4.69, 9.17) is 0 Å². The Balaban J connectivity index is 1.94. The number of unbranched alkanes of at least 4 members (excludes halogenated alkanes) is 1. The van der Waals surface area contributed by atoms with Gasteiger partial charge in [0.15, 0.2) is 0 Å². The molecule has 0 aliphatic heterocycles. The quantitative estimate of drug-likeness (QED) is 0.665. The van der Waals surface area contributed by atoms with Gasteiger partial charge in [-0.2, -0.15) is 0 Å². The highest BCUT2D eigenvalue weighted by molar-refractivity contribution is 7.19. The summed E-state index contributed by atoms with van der Waals surface area (Å²) in [4.78, 5) is 33.6. The number of rotatable bonds is 6. The highest BCUT2D eigenvalue weighted by atomic mass is 32.1. The standard InChI is InChI=1S/C19H21N3O2S/c1-3-4-10-20-15(23)11-14-21-18(24)17-16(12(2)25-19(17)22-14)13-8-6-5-7-9-13/h5-9H,3-4,10-11H2,1-2H3,(H,20,23)(H,21,22,24). The summed E-state index contributed by atoms with van der Waals surface area (Å²) in [7, 11) is 0. The first kappa shape index (κ1) is 17.4. The molecule has 0 aliphatic rings. The highest BCUT2D eigenvalue weighted by Gasteiger charge is 2.17. The lowest BCUT2D eigenvalue weighted by Crippen LogP contribution is -2.27. The number of aryl methyl sites for hydroxylation is 1. The van der Waals surface area contributed by atoms with Crippen molar-refractivity contribution in [2.45, 2.75) is 33.1 Å². The minimum atomic E-state index is -0.190. The average molecular weight is 355 g/mol. The molecule has 0 radical (unpaired) electrons. The van der Waals surface area contributed by atoms with E-state index in [1.54, 1.807) is 0 Å². The predicted octanol–water partition coefficient (Wildman–Crippen LogP) is 3.42. The van der Waals surface area contributed by atoms with Gasteiger partial charge in [0.1, 0.15) is 10.7 Å². The highest BCUT2D eigenvalue weighted by Crippen LogP contribution is 2.35. The second kappa shape index (κ2) is 7.61. The molecule has 0 aliphatic carbocycles. The zero-order valence-corrected chi connectivity index (χ0v) is 15.2. The van der Waals surface area contributed by atoms with Crippen molar-refractivity contribution in [1.29, 1.82) is 0 Å². The molecule has 5 nitrogen and oxygen atoms in total. The minimum absolute atomic E-state index is 0.0898. The summed E-state index contributed by atoms with van der Waals surface area (Å²) in [5.41, 5.74) is 1.74. The van der Waals surface area contributed by atoms with E-state index in [0.717, 1.165) is 28.8 Å². The van der Waals surface area contributed by atoms with Gasteiger partial charge in [0.2, 0.25) is 5.91 Å². The molecule has 0 saturated heterocycles. The number of nitrogens with one attached hydrogen (secondary N) is 2. The van der Waals surface area contributed by atoms with Crippen LogP contribution in [0, 0.1) is 6.92 Å². The smallest absolute Gasteiger partial charge is 0.260 e. The predicted molar refractivity (Wildman–Crippen MR) is 102 cm³/mol. The Labute approximate surface area is 150 Å². The largest absolute Gasteiger partial charge is 0.356 e. The van der Waals surface area contributed by atoms with Crippen LogP contribution in [-0.2, 0) is 11.2 Å². The molecule has 0 fully saturated rings. The molecule has 3 rings (SSSR count).